The summed E-state index contributed by atoms with van der Waals surface area (Å²) in [6, 6.07) is 1.08. The third-order valence-electron chi connectivity index (χ3n) is 3.22. The Labute approximate surface area is 107 Å². The first-order valence-corrected chi connectivity index (χ1v) is 5.20. The lowest BCUT2D eigenvalue weighted by Gasteiger charge is -2.36. The first kappa shape index (κ1) is 13.5. The van der Waals surface area contributed by atoms with Gasteiger partial charge in [0.1, 0.15) is 0 Å². The number of nitrogen functional groups attached to an aromatic ring is 1. The summed E-state index contributed by atoms with van der Waals surface area (Å²) in [5, 5.41) is 3.61. The van der Waals surface area contributed by atoms with Crippen molar-refractivity contribution in [1.29, 1.82) is 0 Å². The number of nitrogens with zero attached hydrogens (tertiary/aromatic N) is 2. The van der Waals surface area contributed by atoms with Gasteiger partial charge in [0.25, 0.3) is 0 Å². The molecule has 0 spiro atoms. The maximum atomic E-state index is 5.59. The van der Waals surface area contributed by atoms with E-state index in [2.05, 4.69) is 15.3 Å². The zero-order valence-electron chi connectivity index (χ0n) is 8.85. The fraction of sp³-hybridized carbons (Fsp3) is 0.600. The van der Waals surface area contributed by atoms with Crippen molar-refractivity contribution >= 4 is 30.8 Å². The Hall–Kier alpha value is -0.580. The summed E-state index contributed by atoms with van der Waals surface area (Å²) in [5.41, 5.74) is 8.01. The van der Waals surface area contributed by atoms with Crippen molar-refractivity contribution in [2.24, 2.45) is 0 Å². The van der Waals surface area contributed by atoms with Crippen molar-refractivity contribution in [3.8, 4) is 0 Å². The second-order valence-electron chi connectivity index (χ2n) is 4.18. The smallest absolute Gasteiger partial charge is 0.220 e. The molecule has 2 bridgehead atoms. The molecule has 1 aromatic rings. The van der Waals surface area contributed by atoms with Gasteiger partial charge in [-0.15, -0.1) is 24.8 Å². The normalized spacial score (nSPS) is 26.0. The number of fused-ring (bicyclic) bond motifs is 4. The summed E-state index contributed by atoms with van der Waals surface area (Å²) in [6.45, 7) is 0. The minimum atomic E-state index is 0. The molecule has 0 aliphatic carbocycles. The number of piperidine rings is 1. The molecule has 0 saturated carbocycles. The molecular formula is C10H16Cl2N4. The summed E-state index contributed by atoms with van der Waals surface area (Å²) in [5.74, 6) is 0.406. The maximum Gasteiger partial charge on any atom is 0.220 e. The second-order valence-corrected chi connectivity index (χ2v) is 4.18. The third-order valence-corrected chi connectivity index (χ3v) is 3.22. The maximum absolute atomic E-state index is 5.59. The first-order valence-electron chi connectivity index (χ1n) is 5.20. The molecule has 0 aromatic carbocycles. The number of nitrogens with two attached hydrogens (primary N) is 1. The predicted molar refractivity (Wildman–Crippen MR) is 68.2 cm³/mol. The number of nitrogens with one attached hydrogen (secondary N) is 1. The van der Waals surface area contributed by atoms with Gasteiger partial charge < -0.3 is 11.1 Å². The Morgan fingerprint density at radius 3 is 2.94 bits per heavy atom. The zero-order chi connectivity index (χ0) is 9.54. The zero-order valence-corrected chi connectivity index (χ0v) is 10.5. The molecule has 90 valence electrons. The Balaban J connectivity index is 0.000000640. The first-order chi connectivity index (χ1) is 6.83. The summed E-state index contributed by atoms with van der Waals surface area (Å²) in [6.07, 6.45) is 6.68. The summed E-state index contributed by atoms with van der Waals surface area (Å²) >= 11 is 0. The van der Waals surface area contributed by atoms with Crippen LogP contribution >= 0.6 is 24.8 Å². The van der Waals surface area contributed by atoms with Gasteiger partial charge >= 0.3 is 0 Å². The van der Waals surface area contributed by atoms with E-state index in [1.165, 1.54) is 24.8 Å². The highest BCUT2D eigenvalue weighted by Gasteiger charge is 2.30. The SMILES string of the molecule is Cl.Cl.Nc1ncc2c(n1)CC1CCCC2N1. The minimum absolute atomic E-state index is 0. The van der Waals surface area contributed by atoms with Crippen LogP contribution in [0.1, 0.15) is 36.6 Å². The highest BCUT2D eigenvalue weighted by atomic mass is 35.5. The van der Waals surface area contributed by atoms with Crippen LogP contribution in [-0.4, -0.2) is 16.0 Å². The average molecular weight is 263 g/mol. The van der Waals surface area contributed by atoms with Gasteiger partial charge in [0, 0.05) is 30.3 Å². The quantitative estimate of drug-likeness (QED) is 0.747. The van der Waals surface area contributed by atoms with Gasteiger partial charge in [-0.2, -0.15) is 0 Å². The van der Waals surface area contributed by atoms with E-state index in [9.17, 15) is 0 Å². The van der Waals surface area contributed by atoms with E-state index in [1.54, 1.807) is 0 Å². The molecule has 1 aromatic heterocycles. The van der Waals surface area contributed by atoms with Crippen LogP contribution < -0.4 is 11.1 Å². The van der Waals surface area contributed by atoms with E-state index >= 15 is 0 Å². The summed E-state index contributed by atoms with van der Waals surface area (Å²) in [7, 11) is 0. The second kappa shape index (κ2) is 5.17. The van der Waals surface area contributed by atoms with Gasteiger partial charge in [0.2, 0.25) is 5.95 Å². The van der Waals surface area contributed by atoms with Crippen LogP contribution in [0.2, 0.25) is 0 Å². The molecule has 16 heavy (non-hydrogen) atoms. The molecule has 2 atom stereocenters. The Morgan fingerprint density at radius 1 is 1.31 bits per heavy atom. The van der Waals surface area contributed by atoms with Crippen LogP contribution in [0.5, 0.6) is 0 Å². The van der Waals surface area contributed by atoms with E-state index in [-0.39, 0.29) is 24.8 Å². The number of aromatic nitrogens is 2. The fourth-order valence-electron chi connectivity index (χ4n) is 2.56. The van der Waals surface area contributed by atoms with E-state index in [4.69, 9.17) is 5.73 Å². The molecular weight excluding hydrogens is 247 g/mol. The van der Waals surface area contributed by atoms with Crippen molar-refractivity contribution < 1.29 is 0 Å². The van der Waals surface area contributed by atoms with Crippen molar-refractivity contribution in [3.05, 3.63) is 17.5 Å². The molecule has 2 unspecified atom stereocenters. The number of hydrogen-bond donors (Lipinski definition) is 2. The van der Waals surface area contributed by atoms with Crippen molar-refractivity contribution in [1.82, 2.24) is 15.3 Å². The molecule has 3 heterocycles. The molecule has 2 aliphatic rings. The van der Waals surface area contributed by atoms with Gasteiger partial charge in [0.05, 0.1) is 5.69 Å². The van der Waals surface area contributed by atoms with Crippen LogP contribution in [0.3, 0.4) is 0 Å². The van der Waals surface area contributed by atoms with E-state index < -0.39 is 0 Å². The Kier molecular flexibility index (Phi) is 4.35. The number of rotatable bonds is 0. The van der Waals surface area contributed by atoms with Gasteiger partial charge in [-0.3, -0.25) is 0 Å². The van der Waals surface area contributed by atoms with Crippen LogP contribution in [0.25, 0.3) is 0 Å². The van der Waals surface area contributed by atoms with Crippen LogP contribution in [0.4, 0.5) is 5.95 Å². The molecule has 0 amide bonds. The molecule has 2 aliphatic heterocycles. The molecule has 6 heteroatoms. The van der Waals surface area contributed by atoms with Gasteiger partial charge in [-0.25, -0.2) is 9.97 Å². The lowest BCUT2D eigenvalue weighted by Crippen LogP contribution is -2.43. The standard InChI is InChI=1S/C10H14N4.2ClH/c11-10-12-5-7-8-3-1-2-6(13-8)4-9(7)14-10;;/h5-6,8,13H,1-4H2,(H2,11,12,14);2*1H. The summed E-state index contributed by atoms with van der Waals surface area (Å²) < 4.78 is 0. The number of hydrogen-bond acceptors (Lipinski definition) is 4. The van der Waals surface area contributed by atoms with E-state index in [1.807, 2.05) is 6.20 Å². The van der Waals surface area contributed by atoms with Gasteiger partial charge in [0.15, 0.2) is 0 Å². The van der Waals surface area contributed by atoms with Gasteiger partial charge in [-0.1, -0.05) is 0 Å². The molecule has 1 saturated heterocycles. The van der Waals surface area contributed by atoms with E-state index in [0.29, 0.717) is 18.0 Å². The van der Waals surface area contributed by atoms with Crippen LogP contribution in [0.15, 0.2) is 6.20 Å². The van der Waals surface area contributed by atoms with Gasteiger partial charge in [-0.05, 0) is 19.3 Å². The van der Waals surface area contributed by atoms with E-state index in [0.717, 1.165) is 12.1 Å². The molecule has 4 nitrogen and oxygen atoms in total. The molecule has 1 fully saturated rings. The third kappa shape index (κ3) is 2.24. The average Bonchev–Trinajstić information content (AvgIpc) is 2.17. The Bertz CT molecular complexity index is 372. The summed E-state index contributed by atoms with van der Waals surface area (Å²) in [4.78, 5) is 8.39. The largest absolute Gasteiger partial charge is 0.368 e. The molecule has 3 rings (SSSR count). The minimum Gasteiger partial charge on any atom is -0.368 e. The lowest BCUT2D eigenvalue weighted by molar-refractivity contribution is 0.298. The molecule has 0 radical (unpaired) electrons. The van der Waals surface area contributed by atoms with Crippen molar-refractivity contribution in [2.45, 2.75) is 37.8 Å². The molecule has 3 N–H and O–H groups in total. The predicted octanol–water partition coefficient (Wildman–Crippen LogP) is 1.64. The highest BCUT2D eigenvalue weighted by Crippen LogP contribution is 2.33. The van der Waals surface area contributed by atoms with Crippen molar-refractivity contribution in [2.75, 3.05) is 5.73 Å². The highest BCUT2D eigenvalue weighted by molar-refractivity contribution is 5.85. The van der Waals surface area contributed by atoms with Crippen LogP contribution in [0, 0.1) is 0 Å². The Morgan fingerprint density at radius 2 is 2.12 bits per heavy atom. The topological polar surface area (TPSA) is 63.8 Å². The monoisotopic (exact) mass is 262 g/mol. The number of anilines is 1. The fourth-order valence-corrected chi connectivity index (χ4v) is 2.56. The number of halogens is 2. The lowest BCUT2D eigenvalue weighted by atomic mass is 9.85. The van der Waals surface area contributed by atoms with Crippen LogP contribution in [-0.2, 0) is 6.42 Å². The van der Waals surface area contributed by atoms with Crippen molar-refractivity contribution in [3.63, 3.8) is 0 Å².